The van der Waals surface area contributed by atoms with Crippen LogP contribution in [0.3, 0.4) is 0 Å². The number of nitrogens with zero attached hydrogens (tertiary/aromatic N) is 2. The molecule has 0 unspecified atom stereocenters. The van der Waals surface area contributed by atoms with Gasteiger partial charge in [-0.15, -0.1) is 0 Å². The standard InChI is InChI=1S/C21H24N2O3/c1-5-22-15(3)11-18(16(22)4)20(24)13-26-21(25)12-23-14(2)10-17-8-6-7-9-19(17)23/h6-11H,5,12-13H2,1-4H3. The summed E-state index contributed by atoms with van der Waals surface area (Å²) in [6.07, 6.45) is 0. The van der Waals surface area contributed by atoms with Crippen molar-refractivity contribution in [3.63, 3.8) is 0 Å². The molecule has 0 aliphatic carbocycles. The highest BCUT2D eigenvalue weighted by Crippen LogP contribution is 2.19. The van der Waals surface area contributed by atoms with Gasteiger partial charge in [0.25, 0.3) is 0 Å². The molecule has 0 aliphatic rings. The highest BCUT2D eigenvalue weighted by molar-refractivity contribution is 5.99. The van der Waals surface area contributed by atoms with E-state index in [9.17, 15) is 9.59 Å². The van der Waals surface area contributed by atoms with Crippen LogP contribution in [-0.2, 0) is 22.6 Å². The van der Waals surface area contributed by atoms with Gasteiger partial charge in [-0.05, 0) is 51.3 Å². The third-order valence-electron chi connectivity index (χ3n) is 4.86. The monoisotopic (exact) mass is 352 g/mol. The Balaban J connectivity index is 1.67. The zero-order valence-electron chi connectivity index (χ0n) is 15.7. The predicted octanol–water partition coefficient (Wildman–Crippen LogP) is 3.81. The maximum atomic E-state index is 12.4. The van der Waals surface area contributed by atoms with Crippen LogP contribution < -0.4 is 0 Å². The Morgan fingerprint density at radius 2 is 1.69 bits per heavy atom. The number of esters is 1. The molecule has 3 aromatic rings. The molecule has 5 nitrogen and oxygen atoms in total. The molecule has 0 N–H and O–H groups in total. The number of carbonyl (C=O) groups excluding carboxylic acids is 2. The van der Waals surface area contributed by atoms with Gasteiger partial charge in [-0.2, -0.15) is 0 Å². The lowest BCUT2D eigenvalue weighted by atomic mass is 10.1. The molecular weight excluding hydrogens is 328 g/mol. The second kappa shape index (κ2) is 7.20. The molecule has 0 amide bonds. The van der Waals surface area contributed by atoms with Crippen molar-refractivity contribution in [3.05, 3.63) is 59.0 Å². The largest absolute Gasteiger partial charge is 0.456 e. The van der Waals surface area contributed by atoms with Crippen molar-refractivity contribution in [1.82, 2.24) is 9.13 Å². The lowest BCUT2D eigenvalue weighted by Crippen LogP contribution is -2.19. The van der Waals surface area contributed by atoms with E-state index >= 15 is 0 Å². The summed E-state index contributed by atoms with van der Waals surface area (Å²) < 4.78 is 9.24. The lowest BCUT2D eigenvalue weighted by Gasteiger charge is -2.09. The van der Waals surface area contributed by atoms with Crippen LogP contribution in [0.4, 0.5) is 0 Å². The normalized spacial score (nSPS) is 11.1. The molecule has 1 aromatic carbocycles. The van der Waals surface area contributed by atoms with Gasteiger partial charge in [0.15, 0.2) is 6.61 Å². The topological polar surface area (TPSA) is 53.2 Å². The molecule has 0 spiro atoms. The second-order valence-electron chi connectivity index (χ2n) is 6.54. The third-order valence-corrected chi connectivity index (χ3v) is 4.86. The number of hydrogen-bond donors (Lipinski definition) is 0. The molecule has 0 saturated heterocycles. The molecule has 0 fully saturated rings. The number of Topliss-reactive ketones (excluding diaryl/α,β-unsaturated/α-hetero) is 1. The van der Waals surface area contributed by atoms with Crippen LogP contribution in [0.1, 0.15) is 34.4 Å². The fourth-order valence-electron chi connectivity index (χ4n) is 3.53. The van der Waals surface area contributed by atoms with E-state index in [0.29, 0.717) is 5.56 Å². The summed E-state index contributed by atoms with van der Waals surface area (Å²) in [6.45, 7) is 8.56. The van der Waals surface area contributed by atoms with Gasteiger partial charge in [0, 0.05) is 34.7 Å². The molecule has 0 saturated carbocycles. The minimum Gasteiger partial charge on any atom is -0.456 e. The van der Waals surface area contributed by atoms with Gasteiger partial charge in [-0.25, -0.2) is 0 Å². The van der Waals surface area contributed by atoms with E-state index in [1.54, 1.807) is 0 Å². The fraction of sp³-hybridized carbons (Fsp3) is 0.333. The van der Waals surface area contributed by atoms with Crippen LogP contribution in [-0.4, -0.2) is 27.5 Å². The summed E-state index contributed by atoms with van der Waals surface area (Å²) in [5.74, 6) is -0.577. The van der Waals surface area contributed by atoms with Gasteiger partial charge < -0.3 is 13.9 Å². The minimum atomic E-state index is -0.410. The number of rotatable bonds is 6. The van der Waals surface area contributed by atoms with Crippen molar-refractivity contribution in [2.45, 2.75) is 40.8 Å². The molecule has 0 radical (unpaired) electrons. The molecule has 0 atom stereocenters. The van der Waals surface area contributed by atoms with Gasteiger partial charge in [0.1, 0.15) is 6.54 Å². The first-order valence-electron chi connectivity index (χ1n) is 8.82. The summed E-state index contributed by atoms with van der Waals surface area (Å²) >= 11 is 0. The van der Waals surface area contributed by atoms with E-state index in [1.807, 2.05) is 68.7 Å². The third kappa shape index (κ3) is 3.29. The zero-order valence-corrected chi connectivity index (χ0v) is 15.7. The summed E-state index contributed by atoms with van der Waals surface area (Å²) in [5, 5.41) is 1.08. The molecule has 136 valence electrons. The molecule has 0 aliphatic heterocycles. The van der Waals surface area contributed by atoms with Crippen molar-refractivity contribution in [2.75, 3.05) is 6.61 Å². The van der Waals surface area contributed by atoms with Crippen LogP contribution >= 0.6 is 0 Å². The molecule has 2 heterocycles. The van der Waals surface area contributed by atoms with Gasteiger partial charge in [-0.1, -0.05) is 18.2 Å². The summed E-state index contributed by atoms with van der Waals surface area (Å²) in [7, 11) is 0. The Hall–Kier alpha value is -2.82. The average molecular weight is 352 g/mol. The van der Waals surface area contributed by atoms with Gasteiger partial charge in [0.2, 0.25) is 5.78 Å². The second-order valence-corrected chi connectivity index (χ2v) is 6.54. The number of aromatic nitrogens is 2. The first kappa shape index (κ1) is 18.0. The van der Waals surface area contributed by atoms with Crippen molar-refractivity contribution in [1.29, 1.82) is 0 Å². The molecular formula is C21H24N2O3. The molecule has 0 bridgehead atoms. The highest BCUT2D eigenvalue weighted by atomic mass is 16.5. The number of carbonyl (C=O) groups is 2. The summed E-state index contributed by atoms with van der Waals surface area (Å²) in [6, 6.07) is 11.8. The van der Waals surface area contributed by atoms with E-state index in [2.05, 4.69) is 4.57 Å². The Bertz CT molecular complexity index is 979. The molecule has 5 heteroatoms. The summed E-state index contributed by atoms with van der Waals surface area (Å²) in [4.78, 5) is 24.7. The first-order valence-corrected chi connectivity index (χ1v) is 8.82. The first-order chi connectivity index (χ1) is 12.4. The van der Waals surface area contributed by atoms with Crippen molar-refractivity contribution in [3.8, 4) is 0 Å². The smallest absolute Gasteiger partial charge is 0.326 e. The number of ketones is 1. The van der Waals surface area contributed by atoms with Crippen LogP contribution in [0.5, 0.6) is 0 Å². The number of ether oxygens (including phenoxy) is 1. The Kier molecular flexibility index (Phi) is 4.98. The lowest BCUT2D eigenvalue weighted by molar-refractivity contribution is -0.143. The number of para-hydroxylation sites is 1. The van der Waals surface area contributed by atoms with E-state index in [1.165, 1.54) is 0 Å². The quantitative estimate of drug-likeness (QED) is 0.501. The minimum absolute atomic E-state index is 0.0978. The van der Waals surface area contributed by atoms with Crippen LogP contribution in [0.2, 0.25) is 0 Å². The van der Waals surface area contributed by atoms with E-state index in [0.717, 1.165) is 34.5 Å². The van der Waals surface area contributed by atoms with Gasteiger partial charge in [0.05, 0.1) is 0 Å². The fourth-order valence-corrected chi connectivity index (χ4v) is 3.53. The maximum absolute atomic E-state index is 12.4. The number of benzene rings is 1. The van der Waals surface area contributed by atoms with E-state index < -0.39 is 5.97 Å². The van der Waals surface area contributed by atoms with E-state index in [4.69, 9.17) is 4.74 Å². The predicted molar refractivity (Wildman–Crippen MR) is 102 cm³/mol. The van der Waals surface area contributed by atoms with Crippen LogP contribution in [0.25, 0.3) is 10.9 Å². The summed E-state index contributed by atoms with van der Waals surface area (Å²) in [5.41, 5.74) is 4.55. The maximum Gasteiger partial charge on any atom is 0.326 e. The number of aryl methyl sites for hydroxylation is 2. The van der Waals surface area contributed by atoms with Crippen molar-refractivity contribution >= 4 is 22.7 Å². The van der Waals surface area contributed by atoms with Gasteiger partial charge in [-0.3, -0.25) is 9.59 Å². The highest BCUT2D eigenvalue weighted by Gasteiger charge is 2.17. The van der Waals surface area contributed by atoms with Crippen LogP contribution in [0, 0.1) is 20.8 Å². The Morgan fingerprint density at radius 3 is 2.38 bits per heavy atom. The molecule has 2 aromatic heterocycles. The van der Waals surface area contributed by atoms with Gasteiger partial charge >= 0.3 is 5.97 Å². The van der Waals surface area contributed by atoms with Crippen molar-refractivity contribution in [2.24, 2.45) is 0 Å². The Labute approximate surface area is 153 Å². The van der Waals surface area contributed by atoms with Crippen LogP contribution in [0.15, 0.2) is 36.4 Å². The Morgan fingerprint density at radius 1 is 1.00 bits per heavy atom. The SMILES string of the molecule is CCn1c(C)cc(C(=O)COC(=O)Cn2c(C)cc3ccccc32)c1C. The average Bonchev–Trinajstić information content (AvgIpc) is 3.09. The van der Waals surface area contributed by atoms with Crippen molar-refractivity contribution < 1.29 is 14.3 Å². The number of hydrogen-bond acceptors (Lipinski definition) is 3. The zero-order chi connectivity index (χ0) is 18.8. The molecule has 3 rings (SSSR count). The molecule has 26 heavy (non-hydrogen) atoms. The van der Waals surface area contributed by atoms with E-state index in [-0.39, 0.29) is 18.9 Å². The number of fused-ring (bicyclic) bond motifs is 1.